The van der Waals surface area contributed by atoms with Crippen molar-refractivity contribution >= 4 is 11.8 Å². The number of rotatable bonds is 3. The number of hydrogen-bond donors (Lipinski definition) is 2. The van der Waals surface area contributed by atoms with Crippen LogP contribution < -0.4 is 10.6 Å². The molecule has 0 saturated heterocycles. The minimum absolute atomic E-state index is 0.317. The van der Waals surface area contributed by atoms with Gasteiger partial charge < -0.3 is 10.6 Å². The fourth-order valence-corrected chi connectivity index (χ4v) is 2.26. The SMILES string of the molecule is CNc1nccc(NC2C(C)(C)C2(C)C)n1. The van der Waals surface area contributed by atoms with Gasteiger partial charge in [0, 0.05) is 19.3 Å². The molecule has 0 radical (unpaired) electrons. The molecule has 0 aliphatic heterocycles. The van der Waals surface area contributed by atoms with Crippen LogP contribution >= 0.6 is 0 Å². The molecule has 0 unspecified atom stereocenters. The monoisotopic (exact) mass is 220 g/mol. The second-order valence-electron chi connectivity index (χ2n) is 5.54. The summed E-state index contributed by atoms with van der Waals surface area (Å²) in [6.45, 7) is 9.13. The lowest BCUT2D eigenvalue weighted by Gasteiger charge is -2.08. The Morgan fingerprint density at radius 2 is 1.81 bits per heavy atom. The van der Waals surface area contributed by atoms with Crippen molar-refractivity contribution in [2.24, 2.45) is 10.8 Å². The summed E-state index contributed by atoms with van der Waals surface area (Å²) in [6.07, 6.45) is 1.77. The average Bonchev–Trinajstić information content (AvgIpc) is 2.61. The van der Waals surface area contributed by atoms with Crippen molar-refractivity contribution in [1.82, 2.24) is 9.97 Å². The molecule has 0 atom stereocenters. The summed E-state index contributed by atoms with van der Waals surface area (Å²) in [7, 11) is 1.82. The van der Waals surface area contributed by atoms with Crippen LogP contribution in [0.15, 0.2) is 12.3 Å². The molecule has 4 heteroatoms. The van der Waals surface area contributed by atoms with Gasteiger partial charge in [0.25, 0.3) is 0 Å². The molecule has 1 aliphatic rings. The summed E-state index contributed by atoms with van der Waals surface area (Å²) >= 11 is 0. The molecular weight excluding hydrogens is 200 g/mol. The van der Waals surface area contributed by atoms with Crippen LogP contribution in [0.3, 0.4) is 0 Å². The van der Waals surface area contributed by atoms with Crippen LogP contribution in [-0.4, -0.2) is 23.1 Å². The van der Waals surface area contributed by atoms with E-state index in [0.717, 1.165) is 5.82 Å². The van der Waals surface area contributed by atoms with E-state index in [-0.39, 0.29) is 0 Å². The van der Waals surface area contributed by atoms with Gasteiger partial charge in [-0.25, -0.2) is 4.98 Å². The van der Waals surface area contributed by atoms with Crippen molar-refractivity contribution in [2.45, 2.75) is 33.7 Å². The Morgan fingerprint density at radius 1 is 1.19 bits per heavy atom. The van der Waals surface area contributed by atoms with Gasteiger partial charge in [-0.3, -0.25) is 0 Å². The van der Waals surface area contributed by atoms with Crippen molar-refractivity contribution in [2.75, 3.05) is 17.7 Å². The fraction of sp³-hybridized carbons (Fsp3) is 0.667. The van der Waals surface area contributed by atoms with Gasteiger partial charge in [-0.1, -0.05) is 27.7 Å². The highest BCUT2D eigenvalue weighted by molar-refractivity contribution is 5.44. The van der Waals surface area contributed by atoms with Gasteiger partial charge in [0.2, 0.25) is 5.95 Å². The van der Waals surface area contributed by atoms with Crippen LogP contribution in [-0.2, 0) is 0 Å². The van der Waals surface area contributed by atoms with E-state index in [1.54, 1.807) is 6.20 Å². The Balaban J connectivity index is 2.12. The number of nitrogens with one attached hydrogen (secondary N) is 2. The van der Waals surface area contributed by atoms with Gasteiger partial charge in [0.05, 0.1) is 0 Å². The quantitative estimate of drug-likeness (QED) is 0.821. The molecule has 1 fully saturated rings. The molecule has 0 amide bonds. The van der Waals surface area contributed by atoms with Crippen LogP contribution in [0, 0.1) is 10.8 Å². The third-order valence-corrected chi connectivity index (χ3v) is 4.19. The first kappa shape index (κ1) is 11.2. The van der Waals surface area contributed by atoms with Crippen LogP contribution in [0.5, 0.6) is 0 Å². The second kappa shape index (κ2) is 3.34. The van der Waals surface area contributed by atoms with Gasteiger partial charge in [0.15, 0.2) is 0 Å². The predicted octanol–water partition coefficient (Wildman–Crippen LogP) is 2.36. The standard InChI is InChI=1S/C12H20N4/c1-11(2)9(12(11,3)4)15-8-6-7-14-10(13-5)16-8/h6-7,9H,1-5H3,(H2,13,14,15,16). The Labute approximate surface area is 96.9 Å². The van der Waals surface area contributed by atoms with Gasteiger partial charge in [0.1, 0.15) is 5.82 Å². The summed E-state index contributed by atoms with van der Waals surface area (Å²) in [5.41, 5.74) is 0.634. The Bertz CT molecular complexity index is 384. The Morgan fingerprint density at radius 3 is 2.31 bits per heavy atom. The smallest absolute Gasteiger partial charge is 0.224 e. The number of hydrogen-bond acceptors (Lipinski definition) is 4. The molecule has 0 aromatic carbocycles. The van der Waals surface area contributed by atoms with Gasteiger partial charge in [-0.05, 0) is 16.9 Å². The lowest BCUT2D eigenvalue weighted by molar-refractivity contribution is 0.457. The number of nitrogens with zero attached hydrogens (tertiary/aromatic N) is 2. The molecular formula is C12H20N4. The maximum Gasteiger partial charge on any atom is 0.224 e. The van der Waals surface area contributed by atoms with Crippen LogP contribution in [0.25, 0.3) is 0 Å². The van der Waals surface area contributed by atoms with E-state index < -0.39 is 0 Å². The zero-order valence-corrected chi connectivity index (χ0v) is 10.6. The van der Waals surface area contributed by atoms with E-state index in [9.17, 15) is 0 Å². The molecule has 1 heterocycles. The summed E-state index contributed by atoms with van der Waals surface area (Å²) in [5, 5.41) is 6.42. The first-order chi connectivity index (χ1) is 7.39. The number of anilines is 2. The summed E-state index contributed by atoms with van der Waals surface area (Å²) in [6, 6.07) is 2.38. The van der Waals surface area contributed by atoms with Crippen LogP contribution in [0.1, 0.15) is 27.7 Å². The largest absolute Gasteiger partial charge is 0.366 e. The molecule has 1 aliphatic carbocycles. The summed E-state index contributed by atoms with van der Waals surface area (Å²) in [4.78, 5) is 8.47. The molecule has 2 rings (SSSR count). The first-order valence-electron chi connectivity index (χ1n) is 5.67. The molecule has 16 heavy (non-hydrogen) atoms. The van der Waals surface area contributed by atoms with E-state index in [4.69, 9.17) is 0 Å². The van der Waals surface area contributed by atoms with Crippen LogP contribution in [0.4, 0.5) is 11.8 Å². The Hall–Kier alpha value is -1.32. The molecule has 0 spiro atoms. The highest BCUT2D eigenvalue weighted by Crippen LogP contribution is 2.63. The molecule has 1 aromatic heterocycles. The second-order valence-corrected chi connectivity index (χ2v) is 5.54. The van der Waals surface area contributed by atoms with Crippen molar-refractivity contribution < 1.29 is 0 Å². The van der Waals surface area contributed by atoms with E-state index in [1.807, 2.05) is 13.1 Å². The topological polar surface area (TPSA) is 49.8 Å². The molecule has 1 aromatic rings. The Kier molecular flexibility index (Phi) is 2.33. The zero-order valence-electron chi connectivity index (χ0n) is 10.6. The predicted molar refractivity (Wildman–Crippen MR) is 66.6 cm³/mol. The molecule has 1 saturated carbocycles. The fourth-order valence-electron chi connectivity index (χ4n) is 2.26. The van der Waals surface area contributed by atoms with E-state index in [1.165, 1.54) is 0 Å². The van der Waals surface area contributed by atoms with Gasteiger partial charge in [-0.2, -0.15) is 4.98 Å². The molecule has 88 valence electrons. The van der Waals surface area contributed by atoms with Gasteiger partial charge >= 0.3 is 0 Å². The summed E-state index contributed by atoms with van der Waals surface area (Å²) in [5.74, 6) is 1.55. The van der Waals surface area contributed by atoms with Crippen LogP contribution in [0.2, 0.25) is 0 Å². The van der Waals surface area contributed by atoms with Gasteiger partial charge in [-0.15, -0.1) is 0 Å². The highest BCUT2D eigenvalue weighted by Gasteiger charge is 2.65. The lowest BCUT2D eigenvalue weighted by atomic mass is 10.0. The average molecular weight is 220 g/mol. The highest BCUT2D eigenvalue weighted by atomic mass is 15.2. The maximum atomic E-state index is 4.37. The van der Waals surface area contributed by atoms with Crippen molar-refractivity contribution in [3.8, 4) is 0 Å². The molecule has 2 N–H and O–H groups in total. The minimum atomic E-state index is 0.317. The zero-order chi connectivity index (χ0) is 12.0. The van der Waals surface area contributed by atoms with E-state index in [2.05, 4.69) is 48.3 Å². The third kappa shape index (κ3) is 1.52. The first-order valence-corrected chi connectivity index (χ1v) is 5.67. The maximum absolute atomic E-state index is 4.37. The van der Waals surface area contributed by atoms with Crippen molar-refractivity contribution in [3.05, 3.63) is 12.3 Å². The van der Waals surface area contributed by atoms with Crippen molar-refractivity contribution in [3.63, 3.8) is 0 Å². The summed E-state index contributed by atoms with van der Waals surface area (Å²) < 4.78 is 0. The van der Waals surface area contributed by atoms with Crippen molar-refractivity contribution in [1.29, 1.82) is 0 Å². The van der Waals surface area contributed by atoms with E-state index in [0.29, 0.717) is 22.8 Å². The number of aromatic nitrogens is 2. The normalized spacial score (nSPS) is 21.6. The third-order valence-electron chi connectivity index (χ3n) is 4.19. The lowest BCUT2D eigenvalue weighted by Crippen LogP contribution is -2.12. The molecule has 4 nitrogen and oxygen atoms in total. The molecule has 0 bridgehead atoms. The van der Waals surface area contributed by atoms with E-state index >= 15 is 0 Å². The minimum Gasteiger partial charge on any atom is -0.366 e.